The van der Waals surface area contributed by atoms with Crippen LogP contribution in [0.2, 0.25) is 0 Å². The molecule has 0 aromatic heterocycles. The van der Waals surface area contributed by atoms with E-state index >= 15 is 0 Å². The Labute approximate surface area is 91.7 Å². The highest BCUT2D eigenvalue weighted by Gasteiger charge is 2.43. The van der Waals surface area contributed by atoms with E-state index in [-0.39, 0.29) is 5.79 Å². The van der Waals surface area contributed by atoms with Gasteiger partial charge in [0.1, 0.15) is 0 Å². The van der Waals surface area contributed by atoms with Gasteiger partial charge in [0.15, 0.2) is 5.79 Å². The van der Waals surface area contributed by atoms with Crippen LogP contribution >= 0.6 is 0 Å². The minimum absolute atomic E-state index is 0.162. The molecule has 0 aromatic carbocycles. The average Bonchev–Trinajstić information content (AvgIpc) is 2.92. The minimum Gasteiger partial charge on any atom is -0.347 e. The summed E-state index contributed by atoms with van der Waals surface area (Å²) >= 11 is 0. The van der Waals surface area contributed by atoms with E-state index in [1.54, 1.807) is 0 Å². The van der Waals surface area contributed by atoms with Crippen molar-refractivity contribution in [2.45, 2.75) is 50.4 Å². The summed E-state index contributed by atoms with van der Waals surface area (Å²) in [7, 11) is 0. The lowest BCUT2D eigenvalue weighted by Crippen LogP contribution is -2.33. The molecule has 0 aromatic rings. The van der Waals surface area contributed by atoms with Gasteiger partial charge in [-0.15, -0.1) is 0 Å². The average molecular weight is 211 g/mol. The van der Waals surface area contributed by atoms with E-state index in [0.717, 1.165) is 26.0 Å². The topological polar surface area (TPSA) is 21.7 Å². The Morgan fingerprint density at radius 3 is 2.53 bits per heavy atom. The zero-order valence-corrected chi connectivity index (χ0v) is 9.41. The summed E-state index contributed by atoms with van der Waals surface area (Å²) in [6, 6.07) is 0. The number of rotatable bonds is 2. The highest BCUT2D eigenvalue weighted by Crippen LogP contribution is 2.39. The van der Waals surface area contributed by atoms with Gasteiger partial charge in [-0.05, 0) is 38.8 Å². The van der Waals surface area contributed by atoms with Crippen LogP contribution in [-0.4, -0.2) is 43.0 Å². The molecule has 2 aliphatic heterocycles. The Hall–Kier alpha value is -0.120. The third-order valence-corrected chi connectivity index (χ3v) is 3.94. The van der Waals surface area contributed by atoms with Crippen molar-refractivity contribution in [1.82, 2.24) is 4.90 Å². The Morgan fingerprint density at radius 1 is 1.07 bits per heavy atom. The summed E-state index contributed by atoms with van der Waals surface area (Å²) in [4.78, 5) is 2.52. The molecular formula is C12H21NO2. The van der Waals surface area contributed by atoms with Gasteiger partial charge in [-0.3, -0.25) is 0 Å². The fraction of sp³-hybridized carbons (Fsp3) is 1.00. The Morgan fingerprint density at radius 2 is 1.80 bits per heavy atom. The molecule has 2 heterocycles. The zero-order chi connectivity index (χ0) is 10.1. The van der Waals surface area contributed by atoms with Crippen LogP contribution in [0.5, 0.6) is 0 Å². The molecule has 3 heteroatoms. The number of ether oxygens (including phenoxy) is 2. The number of hydrogen-bond donors (Lipinski definition) is 0. The molecule has 1 atom stereocenters. The van der Waals surface area contributed by atoms with Gasteiger partial charge < -0.3 is 14.4 Å². The molecule has 86 valence electrons. The largest absolute Gasteiger partial charge is 0.347 e. The van der Waals surface area contributed by atoms with E-state index in [2.05, 4.69) is 4.90 Å². The molecule has 0 amide bonds. The maximum Gasteiger partial charge on any atom is 0.168 e. The van der Waals surface area contributed by atoms with Crippen molar-refractivity contribution < 1.29 is 9.47 Å². The lowest BCUT2D eigenvalue weighted by molar-refractivity contribution is -0.163. The van der Waals surface area contributed by atoms with Crippen LogP contribution in [0.4, 0.5) is 0 Å². The van der Waals surface area contributed by atoms with E-state index < -0.39 is 0 Å². The number of hydrogen-bond acceptors (Lipinski definition) is 3. The summed E-state index contributed by atoms with van der Waals surface area (Å²) in [5, 5.41) is 0. The van der Waals surface area contributed by atoms with Gasteiger partial charge in [-0.25, -0.2) is 0 Å². The Bertz CT molecular complexity index is 220. The molecule has 0 radical (unpaired) electrons. The third-order valence-electron chi connectivity index (χ3n) is 3.94. The number of nitrogens with zero attached hydrogens (tertiary/aromatic N) is 1. The van der Waals surface area contributed by atoms with E-state index in [4.69, 9.17) is 9.47 Å². The second-order valence-electron chi connectivity index (χ2n) is 5.18. The molecule has 1 spiro atoms. The molecule has 0 unspecified atom stereocenters. The van der Waals surface area contributed by atoms with Crippen molar-refractivity contribution in [1.29, 1.82) is 0 Å². The standard InChI is InChI=1S/C12H21NO2/c1-2-6-12(5-1)14-10-11(15-12)9-13-7-3-4-8-13/h11H,1-10H2/t11-/m0/s1. The summed E-state index contributed by atoms with van der Waals surface area (Å²) < 4.78 is 12.0. The molecular weight excluding hydrogens is 190 g/mol. The molecule has 15 heavy (non-hydrogen) atoms. The Balaban J connectivity index is 1.52. The maximum absolute atomic E-state index is 6.11. The van der Waals surface area contributed by atoms with E-state index in [1.165, 1.54) is 38.8 Å². The first-order chi connectivity index (χ1) is 7.36. The van der Waals surface area contributed by atoms with Crippen LogP contribution in [0.1, 0.15) is 38.5 Å². The summed E-state index contributed by atoms with van der Waals surface area (Å²) in [6.45, 7) is 4.41. The zero-order valence-electron chi connectivity index (χ0n) is 9.41. The first-order valence-electron chi connectivity index (χ1n) is 6.40. The first kappa shape index (κ1) is 10.1. The van der Waals surface area contributed by atoms with Crippen LogP contribution in [-0.2, 0) is 9.47 Å². The summed E-state index contributed by atoms with van der Waals surface area (Å²) in [5.41, 5.74) is 0. The van der Waals surface area contributed by atoms with Crippen molar-refractivity contribution in [2.24, 2.45) is 0 Å². The van der Waals surface area contributed by atoms with Gasteiger partial charge in [-0.1, -0.05) is 0 Å². The lowest BCUT2D eigenvalue weighted by Gasteiger charge is -2.23. The van der Waals surface area contributed by atoms with Crippen LogP contribution in [0.3, 0.4) is 0 Å². The predicted molar refractivity (Wildman–Crippen MR) is 57.7 cm³/mol. The normalized spacial score (nSPS) is 35.6. The van der Waals surface area contributed by atoms with Gasteiger partial charge in [0, 0.05) is 19.4 Å². The molecule has 1 aliphatic carbocycles. The summed E-state index contributed by atoms with van der Waals surface area (Å²) in [5.74, 6) is -0.162. The fourth-order valence-corrected chi connectivity index (χ4v) is 3.14. The minimum atomic E-state index is -0.162. The molecule has 3 rings (SSSR count). The van der Waals surface area contributed by atoms with E-state index in [9.17, 15) is 0 Å². The molecule has 0 N–H and O–H groups in total. The predicted octanol–water partition coefficient (Wildman–Crippen LogP) is 1.77. The third kappa shape index (κ3) is 2.05. The van der Waals surface area contributed by atoms with Crippen LogP contribution in [0.15, 0.2) is 0 Å². The molecule has 3 nitrogen and oxygen atoms in total. The van der Waals surface area contributed by atoms with Crippen LogP contribution in [0, 0.1) is 0 Å². The highest BCUT2D eigenvalue weighted by atomic mass is 16.7. The summed E-state index contributed by atoms with van der Waals surface area (Å²) in [6.07, 6.45) is 7.83. The van der Waals surface area contributed by atoms with Gasteiger partial charge in [-0.2, -0.15) is 0 Å². The maximum atomic E-state index is 6.11. The smallest absolute Gasteiger partial charge is 0.168 e. The molecule has 0 bridgehead atoms. The van der Waals surface area contributed by atoms with Crippen LogP contribution in [0.25, 0.3) is 0 Å². The first-order valence-corrected chi connectivity index (χ1v) is 6.40. The molecule has 1 saturated carbocycles. The van der Waals surface area contributed by atoms with Crippen LogP contribution < -0.4 is 0 Å². The monoisotopic (exact) mass is 211 g/mol. The second-order valence-corrected chi connectivity index (χ2v) is 5.18. The van der Waals surface area contributed by atoms with Crippen molar-refractivity contribution in [3.8, 4) is 0 Å². The van der Waals surface area contributed by atoms with Crippen molar-refractivity contribution in [3.63, 3.8) is 0 Å². The number of likely N-dealkylation sites (tertiary alicyclic amines) is 1. The quantitative estimate of drug-likeness (QED) is 0.695. The highest BCUT2D eigenvalue weighted by molar-refractivity contribution is 4.85. The van der Waals surface area contributed by atoms with E-state index in [0.29, 0.717) is 6.10 Å². The second kappa shape index (κ2) is 4.04. The van der Waals surface area contributed by atoms with Gasteiger partial charge >= 0.3 is 0 Å². The molecule has 2 saturated heterocycles. The fourth-order valence-electron chi connectivity index (χ4n) is 3.14. The Kier molecular flexibility index (Phi) is 2.71. The van der Waals surface area contributed by atoms with Gasteiger partial charge in [0.05, 0.1) is 12.7 Å². The molecule has 3 aliphatic rings. The van der Waals surface area contributed by atoms with Crippen molar-refractivity contribution >= 4 is 0 Å². The van der Waals surface area contributed by atoms with Gasteiger partial charge in [0.25, 0.3) is 0 Å². The SMILES string of the molecule is C1CCN(C[C@H]2COC3(CCCC3)O2)C1. The molecule has 3 fully saturated rings. The lowest BCUT2D eigenvalue weighted by atomic mass is 10.2. The van der Waals surface area contributed by atoms with Gasteiger partial charge in [0.2, 0.25) is 0 Å². The van der Waals surface area contributed by atoms with Crippen molar-refractivity contribution in [3.05, 3.63) is 0 Å². The van der Waals surface area contributed by atoms with E-state index in [1.807, 2.05) is 0 Å². The van der Waals surface area contributed by atoms with Crippen molar-refractivity contribution in [2.75, 3.05) is 26.2 Å².